The van der Waals surface area contributed by atoms with Crippen LogP contribution in [0.15, 0.2) is 49.1 Å². The van der Waals surface area contributed by atoms with Gasteiger partial charge in [0.05, 0.1) is 23.0 Å². The molecular formula is C20H18N6O2S. The molecular weight excluding hydrogens is 388 g/mol. The van der Waals surface area contributed by atoms with E-state index in [4.69, 9.17) is 4.74 Å². The molecule has 9 heteroatoms. The number of benzene rings is 1. The number of nitrogens with zero attached hydrogens (tertiary/aromatic N) is 4. The Hall–Kier alpha value is -3.59. The standard InChI is InChI=1S/C20H18N6O2S/c1-3-22-19(27)26-20-25-16-8-13(12-5-4-6-21-10-12)7-14(18(16)29-20)15-9-17(28-2)24-11-23-15/h4-11H,3H2,1-2H3,(H2,22,25,26,27). The lowest BCUT2D eigenvalue weighted by Crippen LogP contribution is -2.28. The summed E-state index contributed by atoms with van der Waals surface area (Å²) in [7, 11) is 1.56. The van der Waals surface area contributed by atoms with Gasteiger partial charge in [-0.15, -0.1) is 0 Å². The third-order valence-electron chi connectivity index (χ3n) is 4.17. The summed E-state index contributed by atoms with van der Waals surface area (Å²) in [5.74, 6) is 0.472. The van der Waals surface area contributed by atoms with E-state index in [0.29, 0.717) is 23.3 Å². The highest BCUT2D eigenvalue weighted by atomic mass is 32.1. The van der Waals surface area contributed by atoms with Crippen molar-refractivity contribution in [3.63, 3.8) is 0 Å². The number of nitrogens with one attached hydrogen (secondary N) is 2. The Morgan fingerprint density at radius 1 is 1.21 bits per heavy atom. The second kappa shape index (κ2) is 8.19. The summed E-state index contributed by atoms with van der Waals surface area (Å²) in [6.45, 7) is 2.40. The Morgan fingerprint density at radius 2 is 2.10 bits per heavy atom. The molecule has 0 spiro atoms. The molecule has 146 valence electrons. The average molecular weight is 406 g/mol. The molecule has 0 fully saturated rings. The molecule has 0 unspecified atom stereocenters. The summed E-state index contributed by atoms with van der Waals surface area (Å²) in [6.07, 6.45) is 4.99. The third-order valence-corrected chi connectivity index (χ3v) is 5.19. The largest absolute Gasteiger partial charge is 0.481 e. The number of methoxy groups -OCH3 is 1. The summed E-state index contributed by atoms with van der Waals surface area (Å²) in [5, 5.41) is 6.00. The van der Waals surface area contributed by atoms with E-state index in [1.54, 1.807) is 25.6 Å². The predicted octanol–water partition coefficient (Wildman–Crippen LogP) is 3.97. The topological polar surface area (TPSA) is 102 Å². The van der Waals surface area contributed by atoms with Crippen molar-refractivity contribution in [1.82, 2.24) is 25.3 Å². The molecule has 0 aliphatic carbocycles. The molecule has 0 aliphatic heterocycles. The Labute approximate surface area is 171 Å². The van der Waals surface area contributed by atoms with E-state index in [1.165, 1.54) is 17.7 Å². The molecule has 0 saturated carbocycles. The maximum atomic E-state index is 11.9. The molecule has 0 bridgehead atoms. The number of fused-ring (bicyclic) bond motifs is 1. The van der Waals surface area contributed by atoms with Gasteiger partial charge in [-0.3, -0.25) is 10.3 Å². The summed E-state index contributed by atoms with van der Waals surface area (Å²) in [6, 6.07) is 9.38. The molecule has 0 saturated heterocycles. The van der Waals surface area contributed by atoms with Gasteiger partial charge in [-0.1, -0.05) is 17.4 Å². The fourth-order valence-electron chi connectivity index (χ4n) is 2.88. The second-order valence-corrected chi connectivity index (χ2v) is 7.06. The van der Waals surface area contributed by atoms with E-state index < -0.39 is 0 Å². The summed E-state index contributed by atoms with van der Waals surface area (Å²) < 4.78 is 6.16. The lowest BCUT2D eigenvalue weighted by molar-refractivity contribution is 0.252. The molecule has 29 heavy (non-hydrogen) atoms. The van der Waals surface area contributed by atoms with E-state index in [-0.39, 0.29) is 6.03 Å². The number of aromatic nitrogens is 4. The van der Waals surface area contributed by atoms with Crippen LogP contribution in [0.25, 0.3) is 32.6 Å². The van der Waals surface area contributed by atoms with Gasteiger partial charge in [0.2, 0.25) is 5.88 Å². The number of pyridine rings is 1. The number of rotatable bonds is 5. The zero-order valence-electron chi connectivity index (χ0n) is 15.8. The minimum absolute atomic E-state index is 0.288. The highest BCUT2D eigenvalue weighted by Crippen LogP contribution is 2.38. The van der Waals surface area contributed by atoms with Gasteiger partial charge in [-0.05, 0) is 30.7 Å². The van der Waals surface area contributed by atoms with E-state index >= 15 is 0 Å². The first-order valence-electron chi connectivity index (χ1n) is 8.94. The number of hydrogen-bond acceptors (Lipinski definition) is 7. The number of amides is 2. The van der Waals surface area contributed by atoms with Crippen LogP contribution in [0.3, 0.4) is 0 Å². The fourth-order valence-corrected chi connectivity index (χ4v) is 3.84. The fraction of sp³-hybridized carbons (Fsp3) is 0.150. The van der Waals surface area contributed by atoms with Gasteiger partial charge in [-0.25, -0.2) is 19.7 Å². The highest BCUT2D eigenvalue weighted by Gasteiger charge is 2.16. The zero-order valence-corrected chi connectivity index (χ0v) is 16.7. The molecule has 0 aliphatic rings. The Kier molecular flexibility index (Phi) is 5.30. The van der Waals surface area contributed by atoms with Crippen molar-refractivity contribution in [1.29, 1.82) is 0 Å². The van der Waals surface area contributed by atoms with Crippen molar-refractivity contribution in [3.05, 3.63) is 49.1 Å². The zero-order chi connectivity index (χ0) is 20.2. The van der Waals surface area contributed by atoms with Crippen LogP contribution < -0.4 is 15.4 Å². The lowest BCUT2D eigenvalue weighted by atomic mass is 10.0. The number of carbonyl (C=O) groups excluding carboxylic acids is 1. The lowest BCUT2D eigenvalue weighted by Gasteiger charge is -2.07. The van der Waals surface area contributed by atoms with Gasteiger partial charge in [0, 0.05) is 36.1 Å². The first kappa shape index (κ1) is 18.8. The first-order chi connectivity index (χ1) is 14.2. The minimum Gasteiger partial charge on any atom is -0.481 e. The van der Waals surface area contributed by atoms with Gasteiger partial charge in [-0.2, -0.15) is 0 Å². The summed E-state index contributed by atoms with van der Waals surface area (Å²) >= 11 is 1.39. The molecule has 2 amide bonds. The monoisotopic (exact) mass is 406 g/mol. The summed E-state index contributed by atoms with van der Waals surface area (Å²) in [4.78, 5) is 29.2. The number of urea groups is 1. The van der Waals surface area contributed by atoms with Crippen molar-refractivity contribution in [3.8, 4) is 28.3 Å². The SMILES string of the molecule is CCNC(=O)Nc1nc2cc(-c3cccnc3)cc(-c3cc(OC)ncn3)c2s1. The first-order valence-corrected chi connectivity index (χ1v) is 9.76. The van der Waals surface area contributed by atoms with E-state index in [2.05, 4.69) is 30.6 Å². The van der Waals surface area contributed by atoms with E-state index in [0.717, 1.165) is 26.9 Å². The van der Waals surface area contributed by atoms with Gasteiger partial charge in [0.1, 0.15) is 6.33 Å². The Balaban J connectivity index is 1.88. The smallest absolute Gasteiger partial charge is 0.321 e. The molecule has 1 aromatic carbocycles. The number of carbonyl (C=O) groups is 1. The highest BCUT2D eigenvalue weighted by molar-refractivity contribution is 7.22. The maximum absolute atomic E-state index is 11.9. The molecule has 0 atom stereocenters. The van der Waals surface area contributed by atoms with Crippen molar-refractivity contribution < 1.29 is 9.53 Å². The number of thiazole rings is 1. The van der Waals surface area contributed by atoms with Gasteiger partial charge < -0.3 is 10.1 Å². The molecule has 3 heterocycles. The molecule has 8 nitrogen and oxygen atoms in total. The Morgan fingerprint density at radius 3 is 2.86 bits per heavy atom. The van der Waals surface area contributed by atoms with Gasteiger partial charge >= 0.3 is 6.03 Å². The van der Waals surface area contributed by atoms with E-state index in [9.17, 15) is 4.79 Å². The molecule has 3 aromatic heterocycles. The maximum Gasteiger partial charge on any atom is 0.321 e. The third kappa shape index (κ3) is 3.99. The predicted molar refractivity (Wildman–Crippen MR) is 113 cm³/mol. The number of anilines is 1. The van der Waals surface area contributed by atoms with Crippen LogP contribution in [-0.4, -0.2) is 39.6 Å². The van der Waals surface area contributed by atoms with Gasteiger partial charge in [0.25, 0.3) is 0 Å². The average Bonchev–Trinajstić information content (AvgIpc) is 3.16. The Bertz CT molecular complexity index is 1160. The van der Waals surface area contributed by atoms with Crippen LogP contribution in [0.5, 0.6) is 5.88 Å². The normalized spacial score (nSPS) is 10.7. The van der Waals surface area contributed by atoms with Gasteiger partial charge in [0.15, 0.2) is 5.13 Å². The molecule has 0 radical (unpaired) electrons. The van der Waals surface area contributed by atoms with Crippen molar-refractivity contribution in [2.75, 3.05) is 19.0 Å². The summed E-state index contributed by atoms with van der Waals surface area (Å²) in [5.41, 5.74) is 4.26. The van der Waals surface area contributed by atoms with Crippen LogP contribution in [0.2, 0.25) is 0 Å². The molecule has 4 aromatic rings. The quantitative estimate of drug-likeness (QED) is 0.520. The van der Waals surface area contributed by atoms with Crippen LogP contribution in [0, 0.1) is 0 Å². The van der Waals surface area contributed by atoms with Crippen LogP contribution in [0.1, 0.15) is 6.92 Å². The van der Waals surface area contributed by atoms with Crippen LogP contribution >= 0.6 is 11.3 Å². The van der Waals surface area contributed by atoms with Crippen molar-refractivity contribution in [2.45, 2.75) is 6.92 Å². The minimum atomic E-state index is -0.288. The second-order valence-electron chi connectivity index (χ2n) is 6.06. The number of hydrogen-bond donors (Lipinski definition) is 2. The van der Waals surface area contributed by atoms with E-state index in [1.807, 2.05) is 31.2 Å². The van der Waals surface area contributed by atoms with Crippen LogP contribution in [-0.2, 0) is 0 Å². The molecule has 4 rings (SSSR count). The number of ether oxygens (including phenoxy) is 1. The van der Waals surface area contributed by atoms with Crippen LogP contribution in [0.4, 0.5) is 9.93 Å². The van der Waals surface area contributed by atoms with Crippen molar-refractivity contribution in [2.24, 2.45) is 0 Å². The molecule has 2 N–H and O–H groups in total. The van der Waals surface area contributed by atoms with Crippen molar-refractivity contribution >= 4 is 32.7 Å².